The molecule has 4 N–H and O–H groups in total. The summed E-state index contributed by atoms with van der Waals surface area (Å²) in [6, 6.07) is 11.4. The van der Waals surface area contributed by atoms with Gasteiger partial charge in [0, 0.05) is 10.7 Å². The van der Waals surface area contributed by atoms with Crippen LogP contribution >= 0.6 is 11.6 Å². The van der Waals surface area contributed by atoms with Gasteiger partial charge in [0.25, 0.3) is 0 Å². The summed E-state index contributed by atoms with van der Waals surface area (Å²) in [7, 11) is 1.62. The van der Waals surface area contributed by atoms with Crippen molar-refractivity contribution in [2.75, 3.05) is 23.5 Å². The van der Waals surface area contributed by atoms with E-state index in [1.807, 2.05) is 50.2 Å². The molecule has 0 saturated carbocycles. The molecule has 0 radical (unpaired) electrons. The minimum absolute atomic E-state index is 0.408. The normalized spacial score (nSPS) is 10.5. The Hall–Kier alpha value is -2.99. The first-order chi connectivity index (χ1) is 12.5. The van der Waals surface area contributed by atoms with Gasteiger partial charge < -0.3 is 21.1 Å². The molecule has 0 bridgehead atoms. The first kappa shape index (κ1) is 17.8. The van der Waals surface area contributed by atoms with E-state index in [1.54, 1.807) is 7.11 Å². The van der Waals surface area contributed by atoms with Crippen LogP contribution in [0.15, 0.2) is 42.7 Å². The zero-order valence-electron chi connectivity index (χ0n) is 14.8. The van der Waals surface area contributed by atoms with Crippen LogP contribution in [0.4, 0.5) is 28.7 Å². The number of benzene rings is 2. The maximum Gasteiger partial charge on any atom is 0.159 e. The number of aryl methyl sites for hydroxylation is 2. The van der Waals surface area contributed by atoms with Gasteiger partial charge in [-0.05, 0) is 55.3 Å². The van der Waals surface area contributed by atoms with Crippen molar-refractivity contribution < 1.29 is 4.74 Å². The number of nitrogens with one attached hydrogen (secondary N) is 2. The minimum atomic E-state index is 0.408. The lowest BCUT2D eigenvalue weighted by Crippen LogP contribution is -2.06. The average molecular weight is 370 g/mol. The van der Waals surface area contributed by atoms with Gasteiger partial charge in [-0.25, -0.2) is 9.97 Å². The molecule has 0 amide bonds. The van der Waals surface area contributed by atoms with E-state index in [1.165, 1.54) is 6.33 Å². The van der Waals surface area contributed by atoms with Crippen LogP contribution in [0.1, 0.15) is 11.1 Å². The summed E-state index contributed by atoms with van der Waals surface area (Å²) in [4.78, 5) is 8.50. The van der Waals surface area contributed by atoms with Crippen molar-refractivity contribution in [2.45, 2.75) is 13.8 Å². The number of nitrogens with zero attached hydrogens (tertiary/aromatic N) is 2. The van der Waals surface area contributed by atoms with Crippen molar-refractivity contribution in [1.82, 2.24) is 9.97 Å². The van der Waals surface area contributed by atoms with E-state index < -0.39 is 0 Å². The van der Waals surface area contributed by atoms with E-state index >= 15 is 0 Å². The number of ether oxygens (including phenoxy) is 1. The Morgan fingerprint density at radius 3 is 2.31 bits per heavy atom. The van der Waals surface area contributed by atoms with Crippen LogP contribution in [-0.2, 0) is 0 Å². The smallest absolute Gasteiger partial charge is 0.159 e. The number of hydrogen-bond acceptors (Lipinski definition) is 6. The van der Waals surface area contributed by atoms with Crippen LogP contribution < -0.4 is 21.1 Å². The highest BCUT2D eigenvalue weighted by atomic mass is 35.5. The minimum Gasteiger partial charge on any atom is -0.495 e. The van der Waals surface area contributed by atoms with Gasteiger partial charge in [-0.15, -0.1) is 0 Å². The van der Waals surface area contributed by atoms with Gasteiger partial charge in [-0.3, -0.25) is 0 Å². The third-order valence-electron chi connectivity index (χ3n) is 3.93. The highest BCUT2D eigenvalue weighted by molar-refractivity contribution is 6.30. The number of halogens is 1. The maximum atomic E-state index is 6.27. The largest absolute Gasteiger partial charge is 0.495 e. The van der Waals surface area contributed by atoms with Crippen molar-refractivity contribution in [1.29, 1.82) is 0 Å². The SMILES string of the molecule is COc1ccc(C)cc1Nc1ncnc(Nc2ccc(Cl)cc2C)c1N. The summed E-state index contributed by atoms with van der Waals surface area (Å²) < 4.78 is 5.39. The standard InChI is InChI=1S/C19H20ClN5O/c1-11-4-7-16(26-3)15(8-11)25-19-17(21)18(22-10-23-19)24-14-6-5-13(20)9-12(14)2/h4-10H,21H2,1-3H3,(H2,22,23,24,25). The van der Waals surface area contributed by atoms with E-state index in [4.69, 9.17) is 22.1 Å². The number of rotatable bonds is 5. The molecule has 0 spiro atoms. The highest BCUT2D eigenvalue weighted by Gasteiger charge is 2.12. The molecular weight excluding hydrogens is 350 g/mol. The van der Waals surface area contributed by atoms with E-state index in [-0.39, 0.29) is 0 Å². The second kappa shape index (κ2) is 7.49. The fourth-order valence-electron chi connectivity index (χ4n) is 2.54. The summed E-state index contributed by atoms with van der Waals surface area (Å²) in [6.45, 7) is 3.96. The van der Waals surface area contributed by atoms with Gasteiger partial charge in [0.15, 0.2) is 11.6 Å². The van der Waals surface area contributed by atoms with Crippen LogP contribution in [-0.4, -0.2) is 17.1 Å². The second-order valence-electron chi connectivity index (χ2n) is 5.90. The molecular formula is C19H20ClN5O. The maximum absolute atomic E-state index is 6.27. The third kappa shape index (κ3) is 3.81. The topological polar surface area (TPSA) is 85.1 Å². The fraction of sp³-hybridized carbons (Fsp3) is 0.158. The third-order valence-corrected chi connectivity index (χ3v) is 4.17. The number of hydrogen-bond donors (Lipinski definition) is 3. The Morgan fingerprint density at radius 2 is 1.65 bits per heavy atom. The van der Waals surface area contributed by atoms with Gasteiger partial charge in [0.1, 0.15) is 17.8 Å². The Kier molecular flexibility index (Phi) is 5.14. The van der Waals surface area contributed by atoms with Crippen molar-refractivity contribution in [3.8, 4) is 5.75 Å². The molecule has 0 unspecified atom stereocenters. The van der Waals surface area contributed by atoms with Crippen molar-refractivity contribution in [3.63, 3.8) is 0 Å². The molecule has 0 aliphatic rings. The molecule has 7 heteroatoms. The molecule has 3 rings (SSSR count). The zero-order valence-corrected chi connectivity index (χ0v) is 15.6. The fourth-order valence-corrected chi connectivity index (χ4v) is 2.76. The van der Waals surface area contributed by atoms with Gasteiger partial charge in [0.05, 0.1) is 12.8 Å². The number of nitrogens with two attached hydrogens (primary N) is 1. The van der Waals surface area contributed by atoms with Crippen LogP contribution in [0.25, 0.3) is 0 Å². The summed E-state index contributed by atoms with van der Waals surface area (Å²) >= 11 is 6.01. The van der Waals surface area contributed by atoms with Crippen LogP contribution in [0.3, 0.4) is 0 Å². The lowest BCUT2D eigenvalue weighted by Gasteiger charge is -2.15. The number of methoxy groups -OCH3 is 1. The molecule has 26 heavy (non-hydrogen) atoms. The lowest BCUT2D eigenvalue weighted by molar-refractivity contribution is 0.416. The Bertz CT molecular complexity index is 945. The average Bonchev–Trinajstić information content (AvgIpc) is 2.61. The molecule has 1 heterocycles. The van der Waals surface area contributed by atoms with E-state index in [0.717, 1.165) is 22.5 Å². The number of nitrogen functional groups attached to an aromatic ring is 1. The second-order valence-corrected chi connectivity index (χ2v) is 6.33. The van der Waals surface area contributed by atoms with Crippen molar-refractivity contribution >= 4 is 40.3 Å². The molecule has 0 aliphatic carbocycles. The molecule has 0 atom stereocenters. The Balaban J connectivity index is 1.91. The van der Waals surface area contributed by atoms with E-state index in [2.05, 4.69) is 20.6 Å². The van der Waals surface area contributed by atoms with Gasteiger partial charge >= 0.3 is 0 Å². The predicted octanol–water partition coefficient (Wildman–Crippen LogP) is 4.82. The summed E-state index contributed by atoms with van der Waals surface area (Å²) in [5, 5.41) is 7.13. The van der Waals surface area contributed by atoms with Crippen molar-refractivity contribution in [2.24, 2.45) is 0 Å². The molecule has 0 aliphatic heterocycles. The molecule has 2 aromatic carbocycles. The van der Waals surface area contributed by atoms with Gasteiger partial charge in [-0.1, -0.05) is 17.7 Å². The first-order valence-corrected chi connectivity index (χ1v) is 8.41. The summed E-state index contributed by atoms with van der Waals surface area (Å²) in [6.07, 6.45) is 1.45. The highest BCUT2D eigenvalue weighted by Crippen LogP contribution is 2.33. The van der Waals surface area contributed by atoms with Crippen LogP contribution in [0, 0.1) is 13.8 Å². The molecule has 0 saturated heterocycles. The monoisotopic (exact) mass is 369 g/mol. The lowest BCUT2D eigenvalue weighted by atomic mass is 10.2. The number of anilines is 5. The van der Waals surface area contributed by atoms with E-state index in [9.17, 15) is 0 Å². The Labute approximate surface area is 157 Å². The first-order valence-electron chi connectivity index (χ1n) is 8.03. The molecule has 0 fully saturated rings. The predicted molar refractivity (Wildman–Crippen MR) is 107 cm³/mol. The van der Waals surface area contributed by atoms with Crippen molar-refractivity contribution in [3.05, 3.63) is 58.9 Å². The van der Waals surface area contributed by atoms with Crippen LogP contribution in [0.2, 0.25) is 5.02 Å². The van der Waals surface area contributed by atoms with Gasteiger partial charge in [0.2, 0.25) is 0 Å². The molecule has 3 aromatic rings. The quantitative estimate of drug-likeness (QED) is 0.597. The van der Waals surface area contributed by atoms with Crippen LogP contribution in [0.5, 0.6) is 5.75 Å². The number of aromatic nitrogens is 2. The Morgan fingerprint density at radius 1 is 0.962 bits per heavy atom. The zero-order chi connectivity index (χ0) is 18.7. The van der Waals surface area contributed by atoms with E-state index in [0.29, 0.717) is 28.1 Å². The molecule has 134 valence electrons. The summed E-state index contributed by atoms with van der Waals surface area (Å²) in [5.74, 6) is 1.72. The summed E-state index contributed by atoms with van der Waals surface area (Å²) in [5.41, 5.74) is 10.4. The molecule has 6 nitrogen and oxygen atoms in total. The van der Waals surface area contributed by atoms with Gasteiger partial charge in [-0.2, -0.15) is 0 Å². The molecule has 1 aromatic heterocycles.